The third kappa shape index (κ3) is 3.18. The third-order valence-electron chi connectivity index (χ3n) is 4.23. The number of aryl methyl sites for hydroxylation is 2. The molecule has 2 rings (SSSR count). The molecule has 0 radical (unpaired) electrons. The first-order valence-electron chi connectivity index (χ1n) is 7.58. The number of nitrogens with one attached hydrogen (secondary N) is 2. The summed E-state index contributed by atoms with van der Waals surface area (Å²) in [6.07, 6.45) is 1.45. The van der Waals surface area contributed by atoms with E-state index in [2.05, 4.69) is 20.4 Å². The van der Waals surface area contributed by atoms with Crippen molar-refractivity contribution in [3.05, 3.63) is 44.9 Å². The Bertz CT molecular complexity index is 788. The van der Waals surface area contributed by atoms with Gasteiger partial charge in [0.25, 0.3) is 11.5 Å². The Balaban J connectivity index is 2.40. The Morgan fingerprint density at radius 2 is 1.91 bits per heavy atom. The van der Waals surface area contributed by atoms with Crippen LogP contribution in [0.25, 0.3) is 0 Å². The van der Waals surface area contributed by atoms with Gasteiger partial charge in [-0.3, -0.25) is 14.3 Å². The molecular formula is C16H23N5O2. The summed E-state index contributed by atoms with van der Waals surface area (Å²) >= 11 is 0. The largest absolute Gasteiger partial charge is 0.342 e. The molecule has 1 atom stereocenters. The molecule has 2 heterocycles. The average Bonchev–Trinajstić information content (AvgIpc) is 2.88. The molecule has 7 nitrogen and oxygen atoms in total. The molecule has 7 heteroatoms. The van der Waals surface area contributed by atoms with E-state index in [1.165, 1.54) is 6.33 Å². The highest BCUT2D eigenvalue weighted by molar-refractivity contribution is 5.95. The molecule has 1 amide bonds. The van der Waals surface area contributed by atoms with Gasteiger partial charge in [0.1, 0.15) is 17.7 Å². The lowest BCUT2D eigenvalue weighted by Crippen LogP contribution is -2.37. The van der Waals surface area contributed by atoms with Crippen LogP contribution in [0.1, 0.15) is 52.9 Å². The molecule has 1 unspecified atom stereocenters. The zero-order valence-corrected chi connectivity index (χ0v) is 14.4. The van der Waals surface area contributed by atoms with Gasteiger partial charge in [-0.15, -0.1) is 0 Å². The van der Waals surface area contributed by atoms with Gasteiger partial charge in [-0.2, -0.15) is 5.10 Å². The summed E-state index contributed by atoms with van der Waals surface area (Å²) in [6, 6.07) is -0.324. The number of nitrogens with zero attached hydrogens (tertiary/aromatic N) is 3. The molecule has 0 saturated carbocycles. The molecule has 0 aliphatic rings. The number of amides is 1. The topological polar surface area (TPSA) is 92.7 Å². The van der Waals surface area contributed by atoms with Gasteiger partial charge in [-0.1, -0.05) is 13.8 Å². The van der Waals surface area contributed by atoms with Crippen LogP contribution in [0, 0.1) is 26.7 Å². The van der Waals surface area contributed by atoms with Gasteiger partial charge in [0.05, 0.1) is 6.04 Å². The lowest BCUT2D eigenvalue weighted by Gasteiger charge is -2.22. The molecule has 0 aliphatic heterocycles. The predicted octanol–water partition coefficient (Wildman–Crippen LogP) is 1.56. The molecule has 2 N–H and O–H groups in total. The quantitative estimate of drug-likeness (QED) is 0.895. The number of rotatable bonds is 4. The third-order valence-corrected chi connectivity index (χ3v) is 4.23. The van der Waals surface area contributed by atoms with Gasteiger partial charge < -0.3 is 10.3 Å². The number of pyridine rings is 1. The molecule has 23 heavy (non-hydrogen) atoms. The molecule has 0 bridgehead atoms. The second-order valence-electron chi connectivity index (χ2n) is 6.14. The molecule has 0 spiro atoms. The van der Waals surface area contributed by atoms with Crippen molar-refractivity contribution in [1.29, 1.82) is 0 Å². The summed E-state index contributed by atoms with van der Waals surface area (Å²) in [7, 11) is 1.78. The standard InChI is InChI=1S/C16H23N5O2/c1-8(2)13(14-17-7-18-21(14)6)20-16(23)12-10(4)9(3)11(5)19-15(12)22/h7-8,13H,1-6H3,(H,19,22)(H,20,23). The Hall–Kier alpha value is -2.44. The molecule has 2 aromatic rings. The van der Waals surface area contributed by atoms with Gasteiger partial charge in [0.2, 0.25) is 0 Å². The van der Waals surface area contributed by atoms with Crippen molar-refractivity contribution in [1.82, 2.24) is 25.1 Å². The first-order valence-corrected chi connectivity index (χ1v) is 7.58. The van der Waals surface area contributed by atoms with E-state index in [-0.39, 0.29) is 23.1 Å². The van der Waals surface area contributed by atoms with E-state index in [1.54, 1.807) is 18.7 Å². The molecule has 0 saturated heterocycles. The second-order valence-corrected chi connectivity index (χ2v) is 6.14. The highest BCUT2D eigenvalue weighted by Crippen LogP contribution is 2.20. The van der Waals surface area contributed by atoms with Crippen molar-refractivity contribution in [2.75, 3.05) is 0 Å². The highest BCUT2D eigenvalue weighted by atomic mass is 16.2. The Morgan fingerprint density at radius 3 is 2.43 bits per heavy atom. The van der Waals surface area contributed by atoms with Crippen LogP contribution in [-0.2, 0) is 7.05 Å². The van der Waals surface area contributed by atoms with E-state index < -0.39 is 5.91 Å². The van der Waals surface area contributed by atoms with Crippen molar-refractivity contribution in [3.63, 3.8) is 0 Å². The van der Waals surface area contributed by atoms with Gasteiger partial charge in [0.15, 0.2) is 0 Å². The zero-order chi connectivity index (χ0) is 17.3. The maximum Gasteiger partial charge on any atom is 0.261 e. The Labute approximate surface area is 135 Å². The van der Waals surface area contributed by atoms with Crippen LogP contribution in [-0.4, -0.2) is 25.7 Å². The van der Waals surface area contributed by atoms with Crippen molar-refractivity contribution >= 4 is 5.91 Å². The van der Waals surface area contributed by atoms with Crippen LogP contribution < -0.4 is 10.9 Å². The number of aromatic amines is 1. The molecule has 0 fully saturated rings. The van der Waals surface area contributed by atoms with Gasteiger partial charge in [-0.05, 0) is 37.8 Å². The van der Waals surface area contributed by atoms with Crippen LogP contribution in [0.4, 0.5) is 0 Å². The Kier molecular flexibility index (Phi) is 4.68. The van der Waals surface area contributed by atoms with Crippen LogP contribution in [0.2, 0.25) is 0 Å². The number of H-pyrrole nitrogens is 1. The van der Waals surface area contributed by atoms with E-state index >= 15 is 0 Å². The van der Waals surface area contributed by atoms with Gasteiger partial charge in [0, 0.05) is 12.7 Å². The number of hydrogen-bond donors (Lipinski definition) is 2. The SMILES string of the molecule is Cc1[nH]c(=O)c(C(=O)NC(c2ncnn2C)C(C)C)c(C)c1C. The van der Waals surface area contributed by atoms with Crippen molar-refractivity contribution in [2.24, 2.45) is 13.0 Å². The lowest BCUT2D eigenvalue weighted by molar-refractivity contribution is 0.0919. The van der Waals surface area contributed by atoms with Crippen molar-refractivity contribution < 1.29 is 4.79 Å². The van der Waals surface area contributed by atoms with Gasteiger partial charge in [-0.25, -0.2) is 4.98 Å². The minimum atomic E-state index is -0.395. The lowest BCUT2D eigenvalue weighted by atomic mass is 10.0. The summed E-state index contributed by atoms with van der Waals surface area (Å²) < 4.78 is 1.63. The first-order chi connectivity index (χ1) is 10.7. The first kappa shape index (κ1) is 16.9. The fourth-order valence-corrected chi connectivity index (χ4v) is 2.57. The smallest absolute Gasteiger partial charge is 0.261 e. The summed E-state index contributed by atoms with van der Waals surface area (Å²) in [4.78, 5) is 31.8. The predicted molar refractivity (Wildman–Crippen MR) is 87.3 cm³/mol. The molecule has 124 valence electrons. The van der Waals surface area contributed by atoms with Crippen LogP contribution >= 0.6 is 0 Å². The van der Waals surface area contributed by atoms with Gasteiger partial charge >= 0.3 is 0 Å². The monoisotopic (exact) mass is 317 g/mol. The van der Waals surface area contributed by atoms with Crippen LogP contribution in [0.3, 0.4) is 0 Å². The average molecular weight is 317 g/mol. The number of hydrogen-bond acceptors (Lipinski definition) is 4. The molecule has 0 aromatic carbocycles. The summed E-state index contributed by atoms with van der Waals surface area (Å²) in [6.45, 7) is 9.47. The summed E-state index contributed by atoms with van der Waals surface area (Å²) in [5.41, 5.74) is 2.17. The highest BCUT2D eigenvalue weighted by Gasteiger charge is 2.25. The van der Waals surface area contributed by atoms with Crippen LogP contribution in [0.15, 0.2) is 11.1 Å². The summed E-state index contributed by atoms with van der Waals surface area (Å²) in [5.74, 6) is 0.368. The number of carbonyl (C=O) groups excluding carboxylic acids is 1. The second kappa shape index (κ2) is 6.36. The number of aromatic nitrogens is 4. The van der Waals surface area contributed by atoms with E-state index in [1.807, 2.05) is 27.7 Å². The van der Waals surface area contributed by atoms with E-state index in [9.17, 15) is 9.59 Å². The molecule has 2 aromatic heterocycles. The number of carbonyl (C=O) groups is 1. The minimum Gasteiger partial charge on any atom is -0.342 e. The van der Waals surface area contributed by atoms with E-state index in [4.69, 9.17) is 0 Å². The normalized spacial score (nSPS) is 12.5. The minimum absolute atomic E-state index is 0.104. The maximum absolute atomic E-state index is 12.7. The van der Waals surface area contributed by atoms with Crippen LogP contribution in [0.5, 0.6) is 0 Å². The maximum atomic E-state index is 12.7. The summed E-state index contributed by atoms with van der Waals surface area (Å²) in [5, 5.41) is 6.97. The molecular weight excluding hydrogens is 294 g/mol. The fourth-order valence-electron chi connectivity index (χ4n) is 2.57. The fraction of sp³-hybridized carbons (Fsp3) is 0.500. The van der Waals surface area contributed by atoms with E-state index in [0.29, 0.717) is 11.4 Å². The van der Waals surface area contributed by atoms with E-state index in [0.717, 1.165) is 11.3 Å². The molecule has 0 aliphatic carbocycles. The van der Waals surface area contributed by atoms with Crippen molar-refractivity contribution in [3.8, 4) is 0 Å². The Morgan fingerprint density at radius 1 is 1.26 bits per heavy atom. The van der Waals surface area contributed by atoms with Crippen molar-refractivity contribution in [2.45, 2.75) is 40.7 Å². The zero-order valence-electron chi connectivity index (χ0n) is 14.4.